The number of carbonyl (C=O) groups is 1. The van der Waals surface area contributed by atoms with Crippen molar-refractivity contribution >= 4 is 5.91 Å². The largest absolute Gasteiger partial charge is 0.355 e. The molecule has 0 saturated heterocycles. The van der Waals surface area contributed by atoms with Crippen LogP contribution in [0.2, 0.25) is 0 Å². The number of carbonyl (C=O) groups excluding carboxylic acids is 1. The van der Waals surface area contributed by atoms with Crippen LogP contribution in [0.5, 0.6) is 0 Å². The van der Waals surface area contributed by atoms with Crippen LogP contribution in [0.4, 0.5) is 0 Å². The number of nitrogens with zero attached hydrogens (tertiary/aromatic N) is 2. The second kappa shape index (κ2) is 7.00. The molecular weight excluding hydrogens is 204 g/mol. The highest BCUT2D eigenvalue weighted by Crippen LogP contribution is 1.95. The van der Waals surface area contributed by atoms with Crippen molar-refractivity contribution in [3.8, 4) is 0 Å². The van der Waals surface area contributed by atoms with E-state index in [-0.39, 0.29) is 5.91 Å². The number of amides is 1. The molecule has 5 nitrogen and oxygen atoms in total. The fourth-order valence-corrected chi connectivity index (χ4v) is 1.36. The summed E-state index contributed by atoms with van der Waals surface area (Å²) in [4.78, 5) is 11.2. The lowest BCUT2D eigenvalue weighted by Crippen LogP contribution is -2.35. The molecule has 90 valence electrons. The SMILES string of the molecule is CCCNC(=O)CNCCc1cnn(C)c1. The Morgan fingerprint density at radius 1 is 1.50 bits per heavy atom. The Morgan fingerprint density at radius 3 is 2.94 bits per heavy atom. The summed E-state index contributed by atoms with van der Waals surface area (Å²) in [5.74, 6) is 0.0630. The maximum absolute atomic E-state index is 11.2. The summed E-state index contributed by atoms with van der Waals surface area (Å²) in [6.07, 6.45) is 5.70. The summed E-state index contributed by atoms with van der Waals surface area (Å²) < 4.78 is 1.78. The Balaban J connectivity index is 2.05. The predicted molar refractivity (Wildman–Crippen MR) is 63.1 cm³/mol. The van der Waals surface area contributed by atoms with Gasteiger partial charge in [0.1, 0.15) is 0 Å². The minimum Gasteiger partial charge on any atom is -0.355 e. The monoisotopic (exact) mass is 224 g/mol. The Morgan fingerprint density at radius 2 is 2.31 bits per heavy atom. The first-order valence-electron chi connectivity index (χ1n) is 5.67. The topological polar surface area (TPSA) is 59.0 Å². The van der Waals surface area contributed by atoms with Crippen molar-refractivity contribution in [2.75, 3.05) is 19.6 Å². The highest BCUT2D eigenvalue weighted by Gasteiger charge is 1.99. The first-order valence-corrected chi connectivity index (χ1v) is 5.67. The van der Waals surface area contributed by atoms with Gasteiger partial charge in [-0.05, 0) is 24.9 Å². The smallest absolute Gasteiger partial charge is 0.233 e. The van der Waals surface area contributed by atoms with Gasteiger partial charge in [0.05, 0.1) is 12.7 Å². The van der Waals surface area contributed by atoms with Crippen LogP contribution in [-0.4, -0.2) is 35.3 Å². The van der Waals surface area contributed by atoms with E-state index in [1.54, 1.807) is 4.68 Å². The molecule has 0 radical (unpaired) electrons. The van der Waals surface area contributed by atoms with E-state index >= 15 is 0 Å². The van der Waals surface area contributed by atoms with E-state index in [1.807, 2.05) is 26.4 Å². The Labute approximate surface area is 96.2 Å². The van der Waals surface area contributed by atoms with Gasteiger partial charge >= 0.3 is 0 Å². The van der Waals surface area contributed by atoms with Crippen LogP contribution >= 0.6 is 0 Å². The number of aromatic nitrogens is 2. The zero-order chi connectivity index (χ0) is 11.8. The minimum absolute atomic E-state index is 0.0630. The Kier molecular flexibility index (Phi) is 5.56. The lowest BCUT2D eigenvalue weighted by atomic mass is 10.2. The summed E-state index contributed by atoms with van der Waals surface area (Å²) in [5.41, 5.74) is 1.18. The van der Waals surface area contributed by atoms with Crippen molar-refractivity contribution in [1.82, 2.24) is 20.4 Å². The number of aryl methyl sites for hydroxylation is 1. The molecule has 2 N–H and O–H groups in total. The molecular formula is C11H20N4O. The molecule has 0 saturated carbocycles. The third kappa shape index (κ3) is 4.93. The summed E-state index contributed by atoms with van der Waals surface area (Å²) in [5, 5.41) is 10.0. The fraction of sp³-hybridized carbons (Fsp3) is 0.636. The average Bonchev–Trinajstić information content (AvgIpc) is 2.67. The second-order valence-electron chi connectivity index (χ2n) is 3.80. The van der Waals surface area contributed by atoms with Gasteiger partial charge in [-0.15, -0.1) is 0 Å². The van der Waals surface area contributed by atoms with Crippen LogP contribution in [0.15, 0.2) is 12.4 Å². The van der Waals surface area contributed by atoms with Gasteiger partial charge < -0.3 is 10.6 Å². The summed E-state index contributed by atoms with van der Waals surface area (Å²) >= 11 is 0. The van der Waals surface area contributed by atoms with Crippen molar-refractivity contribution in [2.45, 2.75) is 19.8 Å². The molecule has 0 fully saturated rings. The van der Waals surface area contributed by atoms with Gasteiger partial charge in [0.15, 0.2) is 0 Å². The van der Waals surface area contributed by atoms with Crippen molar-refractivity contribution in [1.29, 1.82) is 0 Å². The summed E-state index contributed by atoms with van der Waals surface area (Å²) in [7, 11) is 1.90. The molecule has 1 aromatic rings. The minimum atomic E-state index is 0.0630. The fourth-order valence-electron chi connectivity index (χ4n) is 1.36. The highest BCUT2D eigenvalue weighted by atomic mass is 16.1. The molecule has 5 heteroatoms. The van der Waals surface area contributed by atoms with Gasteiger partial charge in [0, 0.05) is 19.8 Å². The van der Waals surface area contributed by atoms with E-state index in [4.69, 9.17) is 0 Å². The molecule has 0 aromatic carbocycles. The van der Waals surface area contributed by atoms with Gasteiger partial charge in [0.25, 0.3) is 0 Å². The molecule has 1 heterocycles. The number of hydrogen-bond acceptors (Lipinski definition) is 3. The quantitative estimate of drug-likeness (QED) is 0.645. The molecule has 1 rings (SSSR count). The van der Waals surface area contributed by atoms with Crippen molar-refractivity contribution in [2.24, 2.45) is 7.05 Å². The molecule has 0 aliphatic rings. The Bertz CT molecular complexity index is 322. The van der Waals surface area contributed by atoms with Gasteiger partial charge in [0.2, 0.25) is 5.91 Å². The molecule has 0 spiro atoms. The molecule has 0 aliphatic carbocycles. The third-order valence-corrected chi connectivity index (χ3v) is 2.21. The second-order valence-corrected chi connectivity index (χ2v) is 3.80. The third-order valence-electron chi connectivity index (χ3n) is 2.21. The van der Waals surface area contributed by atoms with Gasteiger partial charge in [-0.2, -0.15) is 5.10 Å². The van der Waals surface area contributed by atoms with Crippen LogP contribution in [0, 0.1) is 0 Å². The van der Waals surface area contributed by atoms with Crippen molar-refractivity contribution in [3.05, 3.63) is 18.0 Å². The van der Waals surface area contributed by atoms with E-state index in [9.17, 15) is 4.79 Å². The number of nitrogens with one attached hydrogen (secondary N) is 2. The zero-order valence-corrected chi connectivity index (χ0v) is 9.99. The lowest BCUT2D eigenvalue weighted by Gasteiger charge is -2.04. The van der Waals surface area contributed by atoms with Gasteiger partial charge in [-0.3, -0.25) is 9.48 Å². The van der Waals surface area contributed by atoms with Crippen molar-refractivity contribution < 1.29 is 4.79 Å². The first-order chi connectivity index (χ1) is 7.72. The van der Waals surface area contributed by atoms with Crippen LogP contribution in [0.25, 0.3) is 0 Å². The van der Waals surface area contributed by atoms with Crippen molar-refractivity contribution in [3.63, 3.8) is 0 Å². The average molecular weight is 224 g/mol. The molecule has 0 aliphatic heterocycles. The molecule has 16 heavy (non-hydrogen) atoms. The summed E-state index contributed by atoms with van der Waals surface area (Å²) in [6.45, 7) is 3.98. The van der Waals surface area contributed by atoms with Gasteiger partial charge in [-0.1, -0.05) is 6.92 Å². The molecule has 0 bridgehead atoms. The van der Waals surface area contributed by atoms with E-state index in [0.717, 1.165) is 25.9 Å². The van der Waals surface area contributed by atoms with Crippen LogP contribution in [0.1, 0.15) is 18.9 Å². The molecule has 0 atom stereocenters. The maximum atomic E-state index is 11.2. The lowest BCUT2D eigenvalue weighted by molar-refractivity contribution is -0.120. The van der Waals surface area contributed by atoms with Gasteiger partial charge in [-0.25, -0.2) is 0 Å². The normalized spacial score (nSPS) is 10.4. The van der Waals surface area contributed by atoms with E-state index in [2.05, 4.69) is 15.7 Å². The van der Waals surface area contributed by atoms with E-state index in [0.29, 0.717) is 6.54 Å². The van der Waals surface area contributed by atoms with E-state index in [1.165, 1.54) is 5.56 Å². The molecule has 1 aromatic heterocycles. The van der Waals surface area contributed by atoms with E-state index < -0.39 is 0 Å². The molecule has 1 amide bonds. The first kappa shape index (κ1) is 12.7. The van der Waals surface area contributed by atoms with Crippen LogP contribution < -0.4 is 10.6 Å². The van der Waals surface area contributed by atoms with Crippen LogP contribution in [-0.2, 0) is 18.3 Å². The Hall–Kier alpha value is -1.36. The zero-order valence-electron chi connectivity index (χ0n) is 9.99. The standard InChI is InChI=1S/C11H20N4O/c1-3-5-13-11(16)8-12-6-4-10-7-14-15(2)9-10/h7,9,12H,3-6,8H2,1-2H3,(H,13,16). The summed E-state index contributed by atoms with van der Waals surface area (Å²) in [6, 6.07) is 0. The predicted octanol–water partition coefficient (Wildman–Crippen LogP) is 0.0784. The number of rotatable bonds is 7. The highest BCUT2D eigenvalue weighted by molar-refractivity contribution is 5.77. The maximum Gasteiger partial charge on any atom is 0.233 e. The number of hydrogen-bond donors (Lipinski definition) is 2. The van der Waals surface area contributed by atoms with Crippen LogP contribution in [0.3, 0.4) is 0 Å². The molecule has 0 unspecified atom stereocenters.